The Hall–Kier alpha value is -0.910. The van der Waals surface area contributed by atoms with Gasteiger partial charge < -0.3 is 20.1 Å². The van der Waals surface area contributed by atoms with Crippen molar-refractivity contribution in [2.75, 3.05) is 6.61 Å². The summed E-state index contributed by atoms with van der Waals surface area (Å²) >= 11 is 0. The van der Waals surface area contributed by atoms with E-state index in [2.05, 4.69) is 41.2 Å². The van der Waals surface area contributed by atoms with Crippen LogP contribution in [0.3, 0.4) is 0 Å². The number of hydrogen-bond donors (Lipinski definition) is 3. The van der Waals surface area contributed by atoms with Crippen LogP contribution >= 0.6 is 0 Å². The van der Waals surface area contributed by atoms with Crippen LogP contribution in [-0.4, -0.2) is 45.7 Å². The second-order valence-electron chi connectivity index (χ2n) is 14.1. The zero-order valence-electron chi connectivity index (χ0n) is 23.7. The number of fused-ring (bicyclic) bond motifs is 5. The van der Waals surface area contributed by atoms with E-state index in [1.807, 2.05) is 0 Å². The van der Waals surface area contributed by atoms with E-state index in [9.17, 15) is 20.1 Å². The average molecular weight is 505 g/mol. The molecule has 4 saturated carbocycles. The predicted octanol–water partition coefficient (Wildman–Crippen LogP) is 5.65. The maximum Gasteiger partial charge on any atom is 0.302 e. The largest absolute Gasteiger partial charge is 0.465 e. The van der Waals surface area contributed by atoms with E-state index in [1.165, 1.54) is 26.2 Å². The summed E-state index contributed by atoms with van der Waals surface area (Å²) in [5.41, 5.74) is 0.119. The van der Waals surface area contributed by atoms with Gasteiger partial charge in [-0.25, -0.2) is 0 Å². The molecule has 0 unspecified atom stereocenters. The molecule has 4 rings (SSSR count). The lowest BCUT2D eigenvalue weighted by molar-refractivity contribution is -0.266. The lowest BCUT2D eigenvalue weighted by atomic mass is 9.41. The minimum Gasteiger partial charge on any atom is -0.465 e. The Kier molecular flexibility index (Phi) is 7.56. The lowest BCUT2D eigenvalue weighted by Crippen LogP contribution is -2.68. The lowest BCUT2D eigenvalue weighted by Gasteiger charge is -2.66. The van der Waals surface area contributed by atoms with E-state index < -0.39 is 17.8 Å². The van der Waals surface area contributed by atoms with Gasteiger partial charge in [-0.2, -0.15) is 0 Å². The maximum absolute atomic E-state index is 11.7. The average Bonchev–Trinajstić information content (AvgIpc) is 3.09. The molecule has 11 atom stereocenters. The molecule has 0 spiro atoms. The molecule has 4 aliphatic rings. The number of carbonyl (C=O) groups is 1. The third-order valence-electron chi connectivity index (χ3n) is 12.7. The Balaban J connectivity index is 1.48. The fourth-order valence-electron chi connectivity index (χ4n) is 9.70. The highest BCUT2D eigenvalue weighted by Crippen LogP contribution is 2.72. The highest BCUT2D eigenvalue weighted by molar-refractivity contribution is 5.65. The molecule has 0 aromatic carbocycles. The van der Waals surface area contributed by atoms with Crippen molar-refractivity contribution in [1.82, 2.24) is 0 Å². The molecule has 0 saturated heterocycles. The summed E-state index contributed by atoms with van der Waals surface area (Å²) in [6, 6.07) is 0. The summed E-state index contributed by atoms with van der Waals surface area (Å²) in [5, 5.41) is 33.4. The van der Waals surface area contributed by atoms with Gasteiger partial charge in [-0.05, 0) is 92.3 Å². The summed E-state index contributed by atoms with van der Waals surface area (Å²) < 4.78 is 5.20. The standard InChI is InChI=1S/C31H52O5/c1-19(20(2)18-36-22(4)32)8-9-21(3)28(5)14-11-25-24-16-27(34)31(35)17-23(33)10-13-30(31,7)26(24)12-15-29(25,28)6/h20-21,23-27,33-35H,1,8-18H2,2-7H3/t20-,21-,23+,24+,25+,26+,27-,28-,29+,30-,31+/m1/s1. The van der Waals surface area contributed by atoms with Crippen molar-refractivity contribution in [3.63, 3.8) is 0 Å². The molecule has 0 aromatic rings. The van der Waals surface area contributed by atoms with Crippen LogP contribution in [0.1, 0.15) is 106 Å². The van der Waals surface area contributed by atoms with Gasteiger partial charge in [-0.1, -0.05) is 46.8 Å². The molecule has 0 aliphatic heterocycles. The minimum atomic E-state index is -1.17. The summed E-state index contributed by atoms with van der Waals surface area (Å²) in [6.07, 6.45) is 7.98. The molecule has 5 heteroatoms. The second kappa shape index (κ2) is 9.68. The zero-order chi connectivity index (χ0) is 26.7. The number of esters is 1. The van der Waals surface area contributed by atoms with Gasteiger partial charge in [0.15, 0.2) is 0 Å². The summed E-state index contributed by atoms with van der Waals surface area (Å²) in [6.45, 7) is 17.9. The Morgan fingerprint density at radius 2 is 1.64 bits per heavy atom. The molecular weight excluding hydrogens is 452 g/mol. The normalized spacial score (nSPS) is 47.8. The number of hydrogen-bond acceptors (Lipinski definition) is 5. The first-order chi connectivity index (χ1) is 16.7. The highest BCUT2D eigenvalue weighted by Gasteiger charge is 2.69. The van der Waals surface area contributed by atoms with Gasteiger partial charge in [0.05, 0.1) is 24.4 Å². The number of carbonyl (C=O) groups excluding carboxylic acids is 1. The van der Waals surface area contributed by atoms with Crippen LogP contribution in [-0.2, 0) is 9.53 Å². The third kappa shape index (κ3) is 4.20. The SMILES string of the molecule is C=C(CC[C@@H](C)[C@@]1(C)CC[C@H]2[C@@H]3C[C@@H](O)[C@@]4(O)C[C@@H](O)CC[C@]4(C)[C@H]3CC[C@@]21C)[C@H](C)COC(C)=O. The van der Waals surface area contributed by atoms with Crippen molar-refractivity contribution in [2.24, 2.45) is 45.8 Å². The summed E-state index contributed by atoms with van der Waals surface area (Å²) in [4.78, 5) is 11.2. The molecule has 0 amide bonds. The summed E-state index contributed by atoms with van der Waals surface area (Å²) in [7, 11) is 0. The van der Waals surface area contributed by atoms with Crippen molar-refractivity contribution in [3.05, 3.63) is 12.2 Å². The molecule has 36 heavy (non-hydrogen) atoms. The van der Waals surface area contributed by atoms with Crippen molar-refractivity contribution < 1.29 is 24.9 Å². The van der Waals surface area contributed by atoms with Crippen molar-refractivity contribution >= 4 is 5.97 Å². The van der Waals surface area contributed by atoms with Crippen LogP contribution < -0.4 is 0 Å². The van der Waals surface area contributed by atoms with Crippen LogP contribution in [0.15, 0.2) is 12.2 Å². The molecule has 0 bridgehead atoms. The minimum absolute atomic E-state index is 0.175. The zero-order valence-corrected chi connectivity index (χ0v) is 23.7. The predicted molar refractivity (Wildman–Crippen MR) is 142 cm³/mol. The number of rotatable bonds is 7. The molecule has 3 N–H and O–H groups in total. The number of aliphatic hydroxyl groups excluding tert-OH is 2. The van der Waals surface area contributed by atoms with Crippen LogP contribution in [0.5, 0.6) is 0 Å². The van der Waals surface area contributed by atoms with E-state index in [0.717, 1.165) is 37.7 Å². The Bertz CT molecular complexity index is 856. The van der Waals surface area contributed by atoms with Gasteiger partial charge in [0, 0.05) is 24.7 Å². The molecule has 5 nitrogen and oxygen atoms in total. The van der Waals surface area contributed by atoms with E-state index >= 15 is 0 Å². The molecule has 0 aromatic heterocycles. The first-order valence-electron chi connectivity index (χ1n) is 14.6. The van der Waals surface area contributed by atoms with E-state index in [0.29, 0.717) is 43.1 Å². The van der Waals surface area contributed by atoms with Crippen LogP contribution in [0.25, 0.3) is 0 Å². The Morgan fingerprint density at radius 3 is 2.31 bits per heavy atom. The first-order valence-corrected chi connectivity index (χ1v) is 14.6. The quantitative estimate of drug-likeness (QED) is 0.308. The van der Waals surface area contributed by atoms with Gasteiger partial charge in [0.1, 0.15) is 0 Å². The third-order valence-corrected chi connectivity index (χ3v) is 12.7. The van der Waals surface area contributed by atoms with Crippen LogP contribution in [0.4, 0.5) is 0 Å². The fraction of sp³-hybridized carbons (Fsp3) is 0.903. The van der Waals surface area contributed by atoms with E-state index in [1.54, 1.807) is 0 Å². The number of ether oxygens (including phenoxy) is 1. The smallest absolute Gasteiger partial charge is 0.302 e. The van der Waals surface area contributed by atoms with Crippen molar-refractivity contribution in [2.45, 2.75) is 124 Å². The maximum atomic E-state index is 11.7. The fourth-order valence-corrected chi connectivity index (χ4v) is 9.70. The van der Waals surface area contributed by atoms with Gasteiger partial charge >= 0.3 is 5.97 Å². The van der Waals surface area contributed by atoms with Gasteiger partial charge in [-0.15, -0.1) is 0 Å². The molecule has 4 aliphatic carbocycles. The van der Waals surface area contributed by atoms with Gasteiger partial charge in [0.2, 0.25) is 0 Å². The topological polar surface area (TPSA) is 87.0 Å². The van der Waals surface area contributed by atoms with Crippen molar-refractivity contribution in [3.8, 4) is 0 Å². The molecule has 0 heterocycles. The molecule has 0 radical (unpaired) electrons. The van der Waals surface area contributed by atoms with Crippen LogP contribution in [0, 0.1) is 45.8 Å². The van der Waals surface area contributed by atoms with Crippen LogP contribution in [0.2, 0.25) is 0 Å². The highest BCUT2D eigenvalue weighted by atomic mass is 16.5. The van der Waals surface area contributed by atoms with E-state index in [4.69, 9.17) is 4.74 Å². The monoisotopic (exact) mass is 504 g/mol. The van der Waals surface area contributed by atoms with Gasteiger partial charge in [0.25, 0.3) is 0 Å². The molecule has 4 fully saturated rings. The Morgan fingerprint density at radius 1 is 1.03 bits per heavy atom. The number of aliphatic hydroxyl groups is 3. The second-order valence-corrected chi connectivity index (χ2v) is 14.1. The van der Waals surface area contributed by atoms with Crippen molar-refractivity contribution in [1.29, 1.82) is 0 Å². The van der Waals surface area contributed by atoms with E-state index in [-0.39, 0.29) is 28.1 Å². The summed E-state index contributed by atoms with van der Waals surface area (Å²) in [5.74, 6) is 1.90. The van der Waals surface area contributed by atoms with Gasteiger partial charge in [-0.3, -0.25) is 4.79 Å². The Labute approximate surface area is 219 Å². The molecular formula is C31H52O5. The molecule has 206 valence electrons. The first kappa shape index (κ1) is 28.1.